The van der Waals surface area contributed by atoms with Crippen molar-refractivity contribution in [2.45, 2.75) is 6.92 Å². The van der Waals surface area contributed by atoms with E-state index < -0.39 is 0 Å². The molecule has 0 bridgehead atoms. The number of aryl methyl sites for hydroxylation is 1. The molecule has 0 radical (unpaired) electrons. The van der Waals surface area contributed by atoms with Crippen LogP contribution in [0.3, 0.4) is 0 Å². The van der Waals surface area contributed by atoms with E-state index in [2.05, 4.69) is 0 Å². The van der Waals surface area contributed by atoms with Gasteiger partial charge in [-0.25, -0.2) is 0 Å². The van der Waals surface area contributed by atoms with Gasteiger partial charge in [-0.05, 0) is 12.5 Å². The van der Waals surface area contributed by atoms with Crippen molar-refractivity contribution in [2.24, 2.45) is 5.73 Å². The molecule has 1 rings (SSSR count). The van der Waals surface area contributed by atoms with Crippen molar-refractivity contribution in [1.82, 2.24) is 0 Å². The molecule has 0 aliphatic rings. The van der Waals surface area contributed by atoms with E-state index in [9.17, 15) is 0 Å². The second kappa shape index (κ2) is 4.66. The average molecular weight is 279 g/mol. The van der Waals surface area contributed by atoms with Crippen LogP contribution in [0.15, 0.2) is 24.3 Å². The van der Waals surface area contributed by atoms with Crippen molar-refractivity contribution in [3.8, 4) is 0 Å². The molecule has 0 amide bonds. The standard InChI is InChI=1S/C8H9NS.HI/c1-6-4-2-3-5-7(6)8(9)10;/h2-5H,1H3,(H2,9,10);1H. The first kappa shape index (κ1) is 10.8. The van der Waals surface area contributed by atoms with Gasteiger partial charge in [0.1, 0.15) is 4.99 Å². The van der Waals surface area contributed by atoms with Gasteiger partial charge in [-0.2, -0.15) is 0 Å². The molecular formula is C8H10INS. The fraction of sp³-hybridized carbons (Fsp3) is 0.125. The number of thiocarbonyl (C=S) groups is 1. The molecule has 2 N–H and O–H groups in total. The highest BCUT2D eigenvalue weighted by molar-refractivity contribution is 14.0. The lowest BCUT2D eigenvalue weighted by Gasteiger charge is -2.00. The van der Waals surface area contributed by atoms with Crippen LogP contribution in [0.5, 0.6) is 0 Å². The van der Waals surface area contributed by atoms with Crippen LogP contribution in [0.25, 0.3) is 0 Å². The van der Waals surface area contributed by atoms with E-state index in [0.717, 1.165) is 11.1 Å². The van der Waals surface area contributed by atoms with Gasteiger partial charge in [0.05, 0.1) is 0 Å². The van der Waals surface area contributed by atoms with Crippen molar-refractivity contribution >= 4 is 41.2 Å². The summed E-state index contributed by atoms with van der Waals surface area (Å²) in [5.74, 6) is 0. The third-order valence-corrected chi connectivity index (χ3v) is 1.63. The molecule has 0 saturated heterocycles. The van der Waals surface area contributed by atoms with Crippen LogP contribution in [0.4, 0.5) is 0 Å². The summed E-state index contributed by atoms with van der Waals surface area (Å²) in [6, 6.07) is 7.82. The van der Waals surface area contributed by atoms with E-state index in [1.165, 1.54) is 0 Å². The molecule has 1 aromatic carbocycles. The second-order valence-electron chi connectivity index (χ2n) is 2.18. The van der Waals surface area contributed by atoms with Gasteiger partial charge < -0.3 is 5.73 Å². The van der Waals surface area contributed by atoms with Crippen molar-refractivity contribution in [3.05, 3.63) is 35.4 Å². The molecular weight excluding hydrogens is 269 g/mol. The number of nitrogens with two attached hydrogens (primary N) is 1. The maximum atomic E-state index is 5.45. The van der Waals surface area contributed by atoms with Crippen molar-refractivity contribution in [2.75, 3.05) is 0 Å². The van der Waals surface area contributed by atoms with Crippen LogP contribution < -0.4 is 5.73 Å². The third-order valence-electron chi connectivity index (χ3n) is 1.41. The summed E-state index contributed by atoms with van der Waals surface area (Å²) in [5.41, 5.74) is 7.55. The van der Waals surface area contributed by atoms with Gasteiger partial charge >= 0.3 is 0 Å². The smallest absolute Gasteiger partial charge is 0.104 e. The van der Waals surface area contributed by atoms with Gasteiger partial charge in [-0.3, -0.25) is 0 Å². The van der Waals surface area contributed by atoms with E-state index in [1.807, 2.05) is 31.2 Å². The highest BCUT2D eigenvalue weighted by atomic mass is 127. The van der Waals surface area contributed by atoms with Crippen LogP contribution in [0.1, 0.15) is 11.1 Å². The maximum absolute atomic E-state index is 5.45. The summed E-state index contributed by atoms with van der Waals surface area (Å²) in [5, 5.41) is 0. The first-order chi connectivity index (χ1) is 4.72. The van der Waals surface area contributed by atoms with Crippen LogP contribution in [-0.2, 0) is 0 Å². The summed E-state index contributed by atoms with van der Waals surface area (Å²) in [4.78, 5) is 0.470. The summed E-state index contributed by atoms with van der Waals surface area (Å²) >= 11 is 4.83. The maximum Gasteiger partial charge on any atom is 0.104 e. The largest absolute Gasteiger partial charge is 0.389 e. The monoisotopic (exact) mass is 279 g/mol. The number of halogens is 1. The highest BCUT2D eigenvalue weighted by Gasteiger charge is 1.96. The minimum atomic E-state index is 0. The van der Waals surface area contributed by atoms with E-state index in [-0.39, 0.29) is 24.0 Å². The Labute approximate surface area is 89.0 Å². The molecule has 0 atom stereocenters. The first-order valence-corrected chi connectivity index (χ1v) is 3.48. The lowest BCUT2D eigenvalue weighted by molar-refractivity contribution is 1.44. The van der Waals surface area contributed by atoms with Gasteiger partial charge in [-0.15, -0.1) is 24.0 Å². The lowest BCUT2D eigenvalue weighted by Crippen LogP contribution is -2.10. The van der Waals surface area contributed by atoms with Crippen LogP contribution >= 0.6 is 36.2 Å². The Morgan fingerprint density at radius 2 is 1.91 bits per heavy atom. The van der Waals surface area contributed by atoms with E-state index >= 15 is 0 Å². The minimum Gasteiger partial charge on any atom is -0.389 e. The van der Waals surface area contributed by atoms with Crippen molar-refractivity contribution in [1.29, 1.82) is 0 Å². The van der Waals surface area contributed by atoms with Crippen molar-refractivity contribution < 1.29 is 0 Å². The molecule has 0 aliphatic carbocycles. The summed E-state index contributed by atoms with van der Waals surface area (Å²) in [6.45, 7) is 1.99. The second-order valence-corrected chi connectivity index (χ2v) is 2.62. The average Bonchev–Trinajstić information content (AvgIpc) is 1.88. The third kappa shape index (κ3) is 2.75. The van der Waals surface area contributed by atoms with E-state index in [4.69, 9.17) is 18.0 Å². The molecule has 0 saturated carbocycles. The molecule has 0 aliphatic heterocycles. The lowest BCUT2D eigenvalue weighted by atomic mass is 10.1. The van der Waals surface area contributed by atoms with Gasteiger partial charge in [0.2, 0.25) is 0 Å². The van der Waals surface area contributed by atoms with Gasteiger partial charge in [0.25, 0.3) is 0 Å². The topological polar surface area (TPSA) is 26.0 Å². The number of benzene rings is 1. The Morgan fingerprint density at radius 3 is 2.27 bits per heavy atom. The first-order valence-electron chi connectivity index (χ1n) is 3.07. The number of hydrogen-bond donors (Lipinski definition) is 1. The van der Waals surface area contributed by atoms with Gasteiger partial charge in [-0.1, -0.05) is 36.5 Å². The zero-order chi connectivity index (χ0) is 7.56. The van der Waals surface area contributed by atoms with Crippen LogP contribution in [0, 0.1) is 6.92 Å². The molecule has 0 fully saturated rings. The molecule has 11 heavy (non-hydrogen) atoms. The Hall–Kier alpha value is -0.160. The van der Waals surface area contributed by atoms with E-state index in [1.54, 1.807) is 0 Å². The summed E-state index contributed by atoms with van der Waals surface area (Å²) in [7, 11) is 0. The predicted molar refractivity (Wildman–Crippen MR) is 62.5 cm³/mol. The van der Waals surface area contributed by atoms with Gasteiger partial charge in [0.15, 0.2) is 0 Å². The van der Waals surface area contributed by atoms with Crippen molar-refractivity contribution in [3.63, 3.8) is 0 Å². The summed E-state index contributed by atoms with van der Waals surface area (Å²) in [6.07, 6.45) is 0. The molecule has 0 aromatic heterocycles. The predicted octanol–water partition coefficient (Wildman–Crippen LogP) is 2.25. The molecule has 0 heterocycles. The Morgan fingerprint density at radius 1 is 1.36 bits per heavy atom. The Balaban J connectivity index is 0.000001000. The number of hydrogen-bond acceptors (Lipinski definition) is 1. The van der Waals surface area contributed by atoms with Gasteiger partial charge in [0, 0.05) is 5.56 Å². The SMILES string of the molecule is Cc1ccccc1C(N)=S.I. The number of rotatable bonds is 1. The quantitative estimate of drug-likeness (QED) is 0.630. The van der Waals surface area contributed by atoms with Crippen LogP contribution in [0.2, 0.25) is 0 Å². The Kier molecular flexibility index (Phi) is 4.60. The summed E-state index contributed by atoms with van der Waals surface area (Å²) < 4.78 is 0. The molecule has 0 spiro atoms. The Bertz CT molecular complexity index is 260. The van der Waals surface area contributed by atoms with Crippen LogP contribution in [-0.4, -0.2) is 4.99 Å². The fourth-order valence-electron chi connectivity index (χ4n) is 0.849. The zero-order valence-electron chi connectivity index (χ0n) is 6.20. The normalized spacial score (nSPS) is 8.45. The molecule has 0 unspecified atom stereocenters. The molecule has 1 aromatic rings. The van der Waals surface area contributed by atoms with E-state index in [0.29, 0.717) is 4.99 Å². The minimum absolute atomic E-state index is 0. The fourth-order valence-corrected chi connectivity index (χ4v) is 1.08. The molecule has 1 nitrogen and oxygen atoms in total. The molecule has 60 valence electrons. The zero-order valence-corrected chi connectivity index (χ0v) is 9.35. The highest BCUT2D eigenvalue weighted by Crippen LogP contribution is 2.05. The molecule has 3 heteroatoms.